The van der Waals surface area contributed by atoms with Crippen LogP contribution >= 0.6 is 84.0 Å². The van der Waals surface area contributed by atoms with E-state index in [0.717, 1.165) is 65.3 Å². The molecule has 0 saturated carbocycles. The molecule has 0 radical (unpaired) electrons. The number of rotatable bonds is 12. The second-order valence-electron chi connectivity index (χ2n) is 13.9. The minimum Gasteiger partial charge on any atom is -0.435 e. The van der Waals surface area contributed by atoms with Crippen molar-refractivity contribution in [3.8, 4) is 6.07 Å². The molecule has 0 N–H and O–H groups in total. The molecule has 64 heavy (non-hydrogen) atoms. The standard InChI is InChI=1S/C21H19N3OS2.C12H15NOS2.C9H6N2O.C6H3BrS2/c1-3-9-24(4-2)20-12-19-18(27-20)11-15(26-19)10-14(13-22)21-23-16-7-5-6-8-17(16)25-21;1-3-5-13(4-2)12-7-11-10(16-12)6-9(8-14)15-11;1-10-6-9-11-7-4-2-3-5-8(7)12-9;7-6-3-5-4(9-6)1-2-8-5/h5-8,10-12H,3-4,9H2,1-2H3;6-8H,3-5H2,1-2H3;2-5H,6H2;1-3H/b14-10+;;;. The third-order valence-corrected chi connectivity index (χ3v) is 16.7. The van der Waals surface area contributed by atoms with Gasteiger partial charge in [0.2, 0.25) is 5.89 Å². The summed E-state index contributed by atoms with van der Waals surface area (Å²) in [5.41, 5.74) is 3.47. The predicted molar refractivity (Wildman–Crippen MR) is 280 cm³/mol. The summed E-state index contributed by atoms with van der Waals surface area (Å²) in [6.07, 6.45) is 5.11. The molecule has 0 spiro atoms. The average molecular weight is 1020 g/mol. The van der Waals surface area contributed by atoms with Gasteiger partial charge in [-0.2, -0.15) is 5.26 Å². The van der Waals surface area contributed by atoms with Crippen molar-refractivity contribution in [2.24, 2.45) is 0 Å². The second-order valence-corrected chi connectivity index (χ2v) is 21.7. The van der Waals surface area contributed by atoms with Crippen molar-refractivity contribution in [1.82, 2.24) is 9.97 Å². The van der Waals surface area contributed by atoms with Crippen LogP contribution in [0.3, 0.4) is 0 Å². The van der Waals surface area contributed by atoms with Gasteiger partial charge in [-0.15, -0.1) is 68.0 Å². The summed E-state index contributed by atoms with van der Waals surface area (Å²) in [7, 11) is 0. The van der Waals surface area contributed by atoms with Crippen LogP contribution in [0.1, 0.15) is 66.9 Å². The molecule has 10 aromatic rings. The van der Waals surface area contributed by atoms with E-state index >= 15 is 0 Å². The maximum atomic E-state index is 10.7. The smallest absolute Gasteiger partial charge is 0.289 e. The van der Waals surface area contributed by atoms with Gasteiger partial charge in [0.1, 0.15) is 22.7 Å². The highest BCUT2D eigenvalue weighted by molar-refractivity contribution is 9.11. The molecule has 8 aromatic heterocycles. The summed E-state index contributed by atoms with van der Waals surface area (Å²) < 4.78 is 20.0. The Morgan fingerprint density at radius 3 is 1.84 bits per heavy atom. The fourth-order valence-corrected chi connectivity index (χ4v) is 14.1. The molecule has 10 rings (SSSR count). The van der Waals surface area contributed by atoms with Crippen LogP contribution in [0.5, 0.6) is 0 Å². The molecule has 0 aliphatic rings. The number of allylic oxidation sites excluding steroid dienone is 1. The second kappa shape index (κ2) is 22.6. The van der Waals surface area contributed by atoms with Crippen LogP contribution in [0.25, 0.3) is 66.9 Å². The lowest BCUT2D eigenvalue weighted by molar-refractivity contribution is 0.112. The van der Waals surface area contributed by atoms with E-state index in [9.17, 15) is 10.1 Å². The summed E-state index contributed by atoms with van der Waals surface area (Å²) in [6, 6.07) is 30.2. The van der Waals surface area contributed by atoms with Gasteiger partial charge in [0.05, 0.1) is 18.7 Å². The third kappa shape index (κ3) is 11.6. The highest BCUT2D eigenvalue weighted by atomic mass is 79.9. The zero-order chi connectivity index (χ0) is 45.0. The minimum atomic E-state index is 0.217. The number of para-hydroxylation sites is 4. The summed E-state index contributed by atoms with van der Waals surface area (Å²) in [4.78, 5) is 29.1. The lowest BCUT2D eigenvalue weighted by Gasteiger charge is -2.19. The van der Waals surface area contributed by atoms with Crippen molar-refractivity contribution in [1.29, 1.82) is 5.26 Å². The highest BCUT2D eigenvalue weighted by Gasteiger charge is 2.15. The number of fused-ring (bicyclic) bond motifs is 5. The number of aldehydes is 1. The van der Waals surface area contributed by atoms with Crippen molar-refractivity contribution in [3.63, 3.8) is 0 Å². The topological polar surface area (TPSA) is 104 Å². The summed E-state index contributed by atoms with van der Waals surface area (Å²) in [6.45, 7) is 19.9. The van der Waals surface area contributed by atoms with Crippen LogP contribution in [0.4, 0.5) is 10.0 Å². The lowest BCUT2D eigenvalue weighted by atomic mass is 10.2. The molecule has 9 nitrogen and oxygen atoms in total. The number of aromatic nitrogens is 2. The van der Waals surface area contributed by atoms with E-state index in [1.165, 1.54) is 48.4 Å². The molecule has 326 valence electrons. The van der Waals surface area contributed by atoms with E-state index in [1.807, 2.05) is 72.0 Å². The van der Waals surface area contributed by atoms with Crippen LogP contribution in [0, 0.1) is 17.9 Å². The van der Waals surface area contributed by atoms with Crippen LogP contribution in [-0.2, 0) is 6.54 Å². The van der Waals surface area contributed by atoms with Gasteiger partial charge in [-0.3, -0.25) is 4.79 Å². The Morgan fingerprint density at radius 2 is 1.31 bits per heavy atom. The number of hydrogen-bond acceptors (Lipinski definition) is 14. The molecular formula is C48H43BrN6O3S6. The molecular weight excluding hydrogens is 981 g/mol. The maximum Gasteiger partial charge on any atom is 0.289 e. The molecule has 8 heterocycles. The predicted octanol–water partition coefficient (Wildman–Crippen LogP) is 16.4. The van der Waals surface area contributed by atoms with Crippen molar-refractivity contribution < 1.29 is 13.6 Å². The molecule has 0 aliphatic carbocycles. The number of oxazole rings is 2. The molecule has 0 fully saturated rings. The van der Waals surface area contributed by atoms with Crippen molar-refractivity contribution in [2.75, 3.05) is 36.0 Å². The van der Waals surface area contributed by atoms with E-state index in [0.29, 0.717) is 22.9 Å². The molecule has 0 unspecified atom stereocenters. The number of benzene rings is 2. The normalized spacial score (nSPS) is 11.1. The van der Waals surface area contributed by atoms with Crippen LogP contribution in [0.15, 0.2) is 103 Å². The fourth-order valence-electron chi connectivity index (χ4n) is 6.58. The van der Waals surface area contributed by atoms with Gasteiger partial charge in [0, 0.05) is 59.3 Å². The molecule has 2 aromatic carbocycles. The number of nitrogens with zero attached hydrogens (tertiary/aromatic N) is 6. The fraction of sp³-hybridized carbons (Fsp3) is 0.229. The zero-order valence-electron chi connectivity index (χ0n) is 35.5. The van der Waals surface area contributed by atoms with E-state index in [4.69, 9.17) is 15.4 Å². The number of hydrogen-bond donors (Lipinski definition) is 0. The molecule has 16 heteroatoms. The Labute approximate surface area is 404 Å². The maximum absolute atomic E-state index is 10.7. The number of nitriles is 1. The highest BCUT2D eigenvalue weighted by Crippen LogP contribution is 2.40. The van der Waals surface area contributed by atoms with Gasteiger partial charge in [0.15, 0.2) is 17.5 Å². The third-order valence-electron chi connectivity index (χ3n) is 9.51. The van der Waals surface area contributed by atoms with Crippen LogP contribution in [-0.4, -0.2) is 42.4 Å². The zero-order valence-corrected chi connectivity index (χ0v) is 42.0. The molecule has 0 saturated heterocycles. The SMILES string of the molecule is Brc1cc2sccc2s1.CCCN(CC)c1cc2sc(/C=C(\C#N)c3nc4ccccc4o3)cc2s1.CCCN(CC)c1cc2sc(C=O)cc2s1.[C-]#[N+]Cc1nc2ccccc2o1. The Kier molecular flexibility index (Phi) is 16.6. The first-order chi connectivity index (χ1) is 31.2. The van der Waals surface area contributed by atoms with E-state index in [-0.39, 0.29) is 6.54 Å². The lowest BCUT2D eigenvalue weighted by Crippen LogP contribution is -2.22. The molecule has 0 amide bonds. The molecule has 0 atom stereocenters. The summed E-state index contributed by atoms with van der Waals surface area (Å²) in [5, 5.41) is 14.3. The van der Waals surface area contributed by atoms with E-state index < -0.39 is 0 Å². The average Bonchev–Trinajstić information content (AvgIpc) is 4.16. The molecule has 0 bridgehead atoms. The number of carbonyl (C=O) groups is 1. The Hall–Kier alpha value is -5.17. The Bertz CT molecular complexity index is 3060. The van der Waals surface area contributed by atoms with Gasteiger partial charge < -0.3 is 23.5 Å². The monoisotopic (exact) mass is 1020 g/mol. The van der Waals surface area contributed by atoms with Gasteiger partial charge in [-0.1, -0.05) is 38.1 Å². The van der Waals surface area contributed by atoms with Gasteiger partial charge in [-0.25, -0.2) is 16.5 Å². The minimum absolute atomic E-state index is 0.217. The molecule has 0 aliphatic heterocycles. The number of thiophene rings is 6. The first kappa shape index (κ1) is 46.8. The van der Waals surface area contributed by atoms with Crippen molar-refractivity contribution in [2.45, 2.75) is 47.1 Å². The summed E-state index contributed by atoms with van der Waals surface area (Å²) in [5.74, 6) is 0.863. The Balaban J connectivity index is 0.000000140. The first-order valence-corrected chi connectivity index (χ1v) is 26.3. The van der Waals surface area contributed by atoms with E-state index in [2.05, 4.69) is 110 Å². The van der Waals surface area contributed by atoms with Gasteiger partial charge in [0.25, 0.3) is 12.4 Å². The van der Waals surface area contributed by atoms with Crippen LogP contribution < -0.4 is 9.80 Å². The van der Waals surface area contributed by atoms with Gasteiger partial charge >= 0.3 is 0 Å². The summed E-state index contributed by atoms with van der Waals surface area (Å²) >= 11 is 13.9. The van der Waals surface area contributed by atoms with Crippen molar-refractivity contribution in [3.05, 3.63) is 127 Å². The number of anilines is 2. The van der Waals surface area contributed by atoms with Crippen molar-refractivity contribution >= 4 is 162 Å². The number of carbonyl (C=O) groups excluding carboxylic acids is 1. The van der Waals surface area contributed by atoms with Gasteiger partial charge in [-0.05, 0) is 115 Å². The largest absolute Gasteiger partial charge is 0.435 e. The quantitative estimate of drug-likeness (QED) is 0.0677. The van der Waals surface area contributed by atoms with Crippen LogP contribution in [0.2, 0.25) is 0 Å². The Morgan fingerprint density at radius 1 is 0.734 bits per heavy atom. The number of halogens is 1. The first-order valence-electron chi connectivity index (χ1n) is 20.6. The van der Waals surface area contributed by atoms with E-state index in [1.54, 1.807) is 56.7 Å².